The van der Waals surface area contributed by atoms with E-state index in [0.717, 1.165) is 12.1 Å². The molecule has 0 atom stereocenters. The first-order valence-electron chi connectivity index (χ1n) is 6.69. The number of para-hydroxylation sites is 1. The Hall–Kier alpha value is -3.36. The van der Waals surface area contributed by atoms with E-state index in [2.05, 4.69) is 10.9 Å². The Morgan fingerprint density at radius 2 is 1.96 bits per heavy atom. The minimum atomic E-state index is -0.966. The minimum absolute atomic E-state index is 0.151. The number of methoxy groups -OCH3 is 2. The van der Waals surface area contributed by atoms with Gasteiger partial charge in [0, 0.05) is 6.07 Å². The van der Waals surface area contributed by atoms with Crippen LogP contribution in [0.25, 0.3) is 0 Å². The molecular weight excluding hydrogens is 321 g/mol. The molecule has 0 saturated heterocycles. The predicted molar refractivity (Wildman–Crippen MR) is 83.7 cm³/mol. The van der Waals surface area contributed by atoms with Crippen molar-refractivity contribution in [1.29, 1.82) is 0 Å². The number of hydrogen-bond donors (Lipinski definition) is 2. The van der Waals surface area contributed by atoms with E-state index >= 15 is 0 Å². The van der Waals surface area contributed by atoms with Gasteiger partial charge < -0.3 is 9.47 Å². The van der Waals surface area contributed by atoms with Gasteiger partial charge in [-0.25, -0.2) is 0 Å². The van der Waals surface area contributed by atoms with Crippen LogP contribution in [-0.2, 0) is 0 Å². The standard InChI is InChI=1S/C15H14FN3O5/c1-23-13-5-3-4-10(14(13)24-2)15(20)18-17-9-6-7-11(16)12(8-9)19(21)22/h3-8,17H,1-2H3,(H,18,20). The second kappa shape index (κ2) is 7.27. The molecule has 9 heteroatoms. The van der Waals surface area contributed by atoms with Crippen LogP contribution in [-0.4, -0.2) is 25.1 Å². The number of benzene rings is 2. The van der Waals surface area contributed by atoms with Crippen LogP contribution in [0.3, 0.4) is 0 Å². The Morgan fingerprint density at radius 1 is 1.21 bits per heavy atom. The first-order valence-corrected chi connectivity index (χ1v) is 6.69. The van der Waals surface area contributed by atoms with Gasteiger partial charge in [-0.05, 0) is 24.3 Å². The molecule has 2 aromatic carbocycles. The number of anilines is 1. The highest BCUT2D eigenvalue weighted by Gasteiger charge is 2.17. The molecule has 0 heterocycles. The van der Waals surface area contributed by atoms with Crippen molar-refractivity contribution in [2.45, 2.75) is 0 Å². The quantitative estimate of drug-likeness (QED) is 0.621. The minimum Gasteiger partial charge on any atom is -0.493 e. The molecular formula is C15H14FN3O5. The highest BCUT2D eigenvalue weighted by molar-refractivity contribution is 5.98. The molecule has 2 aromatic rings. The first-order chi connectivity index (χ1) is 11.5. The zero-order chi connectivity index (χ0) is 17.7. The Morgan fingerprint density at radius 3 is 2.58 bits per heavy atom. The van der Waals surface area contributed by atoms with Crippen molar-refractivity contribution in [3.05, 3.63) is 57.9 Å². The fourth-order valence-corrected chi connectivity index (χ4v) is 1.99. The molecule has 0 aliphatic carbocycles. The van der Waals surface area contributed by atoms with Crippen LogP contribution in [0.15, 0.2) is 36.4 Å². The number of nitrogens with one attached hydrogen (secondary N) is 2. The summed E-state index contributed by atoms with van der Waals surface area (Å²) in [5, 5.41) is 10.7. The average molecular weight is 335 g/mol. The van der Waals surface area contributed by atoms with Crippen molar-refractivity contribution >= 4 is 17.3 Å². The van der Waals surface area contributed by atoms with Gasteiger partial charge in [-0.2, -0.15) is 4.39 Å². The summed E-state index contributed by atoms with van der Waals surface area (Å²) in [6.07, 6.45) is 0. The second-order valence-electron chi connectivity index (χ2n) is 4.54. The van der Waals surface area contributed by atoms with E-state index in [1.54, 1.807) is 12.1 Å². The topological polar surface area (TPSA) is 103 Å². The van der Waals surface area contributed by atoms with E-state index in [0.29, 0.717) is 5.75 Å². The van der Waals surface area contributed by atoms with Crippen LogP contribution >= 0.6 is 0 Å². The second-order valence-corrected chi connectivity index (χ2v) is 4.54. The predicted octanol–water partition coefficient (Wildman–Crippen LogP) is 2.51. The molecule has 0 aliphatic rings. The SMILES string of the molecule is COc1cccc(C(=O)NNc2ccc(F)c([N+](=O)[O-])c2)c1OC. The van der Waals surface area contributed by atoms with Gasteiger partial charge >= 0.3 is 5.69 Å². The normalized spacial score (nSPS) is 9.96. The van der Waals surface area contributed by atoms with Crippen LogP contribution in [0.5, 0.6) is 11.5 Å². The monoisotopic (exact) mass is 335 g/mol. The summed E-state index contributed by atoms with van der Waals surface area (Å²) < 4.78 is 23.5. The summed E-state index contributed by atoms with van der Waals surface area (Å²) in [5.41, 5.74) is 4.49. The van der Waals surface area contributed by atoms with Gasteiger partial charge in [0.25, 0.3) is 5.91 Å². The largest absolute Gasteiger partial charge is 0.493 e. The van der Waals surface area contributed by atoms with E-state index in [1.807, 2.05) is 0 Å². The lowest BCUT2D eigenvalue weighted by Crippen LogP contribution is -2.29. The van der Waals surface area contributed by atoms with Crippen LogP contribution in [0.1, 0.15) is 10.4 Å². The van der Waals surface area contributed by atoms with Gasteiger partial charge in [-0.1, -0.05) is 6.07 Å². The Kier molecular flexibility index (Phi) is 5.15. The maximum atomic E-state index is 13.3. The number of nitro benzene ring substituents is 1. The number of hydrogen-bond acceptors (Lipinski definition) is 6. The number of halogens is 1. The summed E-state index contributed by atoms with van der Waals surface area (Å²) in [6, 6.07) is 7.92. The van der Waals surface area contributed by atoms with Gasteiger partial charge in [0.05, 0.1) is 30.4 Å². The third-order valence-electron chi connectivity index (χ3n) is 3.11. The van der Waals surface area contributed by atoms with Crippen molar-refractivity contribution in [3.8, 4) is 11.5 Å². The van der Waals surface area contributed by atoms with Crippen LogP contribution in [0.2, 0.25) is 0 Å². The number of amides is 1. The molecule has 0 aliphatic heterocycles. The van der Waals surface area contributed by atoms with E-state index in [4.69, 9.17) is 9.47 Å². The van der Waals surface area contributed by atoms with E-state index in [-0.39, 0.29) is 17.0 Å². The Labute approximate surface area is 136 Å². The van der Waals surface area contributed by atoms with Crippen molar-refractivity contribution in [3.63, 3.8) is 0 Å². The van der Waals surface area contributed by atoms with Crippen LogP contribution < -0.4 is 20.3 Å². The number of carbonyl (C=O) groups excluding carboxylic acids is 1. The van der Waals surface area contributed by atoms with Crippen molar-refractivity contribution < 1.29 is 23.6 Å². The summed E-state index contributed by atoms with van der Waals surface area (Å²) in [6.45, 7) is 0. The summed E-state index contributed by atoms with van der Waals surface area (Å²) in [5.74, 6) is -0.906. The van der Waals surface area contributed by atoms with Crippen LogP contribution in [0, 0.1) is 15.9 Å². The summed E-state index contributed by atoms with van der Waals surface area (Å²) >= 11 is 0. The fourth-order valence-electron chi connectivity index (χ4n) is 1.99. The number of nitro groups is 1. The third kappa shape index (κ3) is 3.51. The highest BCUT2D eigenvalue weighted by atomic mass is 19.1. The lowest BCUT2D eigenvalue weighted by Gasteiger charge is -2.13. The lowest BCUT2D eigenvalue weighted by atomic mass is 10.1. The third-order valence-corrected chi connectivity index (χ3v) is 3.11. The van der Waals surface area contributed by atoms with Crippen LogP contribution in [0.4, 0.5) is 15.8 Å². The number of ether oxygens (including phenoxy) is 2. The fraction of sp³-hybridized carbons (Fsp3) is 0.133. The number of rotatable bonds is 6. The smallest absolute Gasteiger partial charge is 0.306 e. The molecule has 0 fully saturated rings. The van der Waals surface area contributed by atoms with E-state index in [1.165, 1.54) is 26.4 Å². The summed E-state index contributed by atoms with van der Waals surface area (Å²) in [7, 11) is 2.83. The number of carbonyl (C=O) groups is 1. The first kappa shape index (κ1) is 17.0. The molecule has 126 valence electrons. The maximum absolute atomic E-state index is 13.3. The molecule has 0 saturated carbocycles. The molecule has 0 bridgehead atoms. The molecule has 8 nitrogen and oxygen atoms in total. The van der Waals surface area contributed by atoms with Crippen molar-refractivity contribution in [2.24, 2.45) is 0 Å². The average Bonchev–Trinajstić information content (AvgIpc) is 2.59. The van der Waals surface area contributed by atoms with Gasteiger partial charge in [0.15, 0.2) is 11.5 Å². The molecule has 0 radical (unpaired) electrons. The van der Waals surface area contributed by atoms with E-state index < -0.39 is 22.3 Å². The lowest BCUT2D eigenvalue weighted by molar-refractivity contribution is -0.387. The van der Waals surface area contributed by atoms with E-state index in [9.17, 15) is 19.3 Å². The molecule has 0 aromatic heterocycles. The molecule has 0 unspecified atom stereocenters. The molecule has 0 spiro atoms. The van der Waals surface area contributed by atoms with Gasteiger partial charge in [0.1, 0.15) is 0 Å². The summed E-state index contributed by atoms with van der Waals surface area (Å²) in [4.78, 5) is 22.1. The Bertz CT molecular complexity index is 782. The molecule has 1 amide bonds. The molecule has 24 heavy (non-hydrogen) atoms. The van der Waals surface area contributed by atoms with Crippen molar-refractivity contribution in [1.82, 2.24) is 5.43 Å². The van der Waals surface area contributed by atoms with Gasteiger partial charge in [-0.3, -0.25) is 25.8 Å². The molecule has 2 N–H and O–H groups in total. The zero-order valence-electron chi connectivity index (χ0n) is 12.8. The van der Waals surface area contributed by atoms with Crippen molar-refractivity contribution in [2.75, 3.05) is 19.6 Å². The highest BCUT2D eigenvalue weighted by Crippen LogP contribution is 2.30. The van der Waals surface area contributed by atoms with Gasteiger partial charge in [-0.15, -0.1) is 0 Å². The maximum Gasteiger partial charge on any atom is 0.306 e. The Balaban J connectivity index is 2.17. The van der Waals surface area contributed by atoms with Gasteiger partial charge in [0.2, 0.25) is 5.82 Å². The zero-order valence-corrected chi connectivity index (χ0v) is 12.8. The molecule has 2 rings (SSSR count). The number of hydrazine groups is 1. The number of nitrogens with zero attached hydrogens (tertiary/aromatic N) is 1.